The first-order chi connectivity index (χ1) is 10.9. The molecule has 2 aromatic rings. The molecule has 1 unspecified atom stereocenters. The molecular formula is C18H19NO3S. The second-order valence-electron chi connectivity index (χ2n) is 5.92. The van der Waals surface area contributed by atoms with Gasteiger partial charge in [0, 0.05) is 11.8 Å². The van der Waals surface area contributed by atoms with Crippen molar-refractivity contribution in [1.29, 1.82) is 0 Å². The van der Waals surface area contributed by atoms with Gasteiger partial charge in [-0.15, -0.1) is 0 Å². The molecule has 4 nitrogen and oxygen atoms in total. The molecule has 1 amide bonds. The van der Waals surface area contributed by atoms with E-state index in [-0.39, 0.29) is 16.8 Å². The van der Waals surface area contributed by atoms with Crippen LogP contribution in [0.25, 0.3) is 0 Å². The molecule has 0 heterocycles. The lowest BCUT2D eigenvalue weighted by atomic mass is 9.87. The Morgan fingerprint density at radius 3 is 2.70 bits per heavy atom. The molecule has 1 atom stereocenters. The van der Waals surface area contributed by atoms with Crippen molar-refractivity contribution in [2.75, 3.05) is 6.26 Å². The molecule has 0 fully saturated rings. The van der Waals surface area contributed by atoms with Crippen molar-refractivity contribution in [2.45, 2.75) is 30.2 Å². The van der Waals surface area contributed by atoms with Crippen LogP contribution in [0.4, 0.5) is 0 Å². The number of hydrogen-bond donors (Lipinski definition) is 1. The van der Waals surface area contributed by atoms with Gasteiger partial charge in [-0.1, -0.05) is 30.3 Å². The van der Waals surface area contributed by atoms with Crippen LogP contribution in [-0.2, 0) is 16.3 Å². The molecule has 5 heteroatoms. The van der Waals surface area contributed by atoms with E-state index in [1.54, 1.807) is 12.1 Å². The number of benzene rings is 2. The van der Waals surface area contributed by atoms with Crippen molar-refractivity contribution in [1.82, 2.24) is 5.32 Å². The van der Waals surface area contributed by atoms with Gasteiger partial charge in [-0.2, -0.15) is 0 Å². The fourth-order valence-electron chi connectivity index (χ4n) is 3.01. The molecule has 0 saturated heterocycles. The third-order valence-corrected chi connectivity index (χ3v) is 5.31. The van der Waals surface area contributed by atoms with Gasteiger partial charge in [0.25, 0.3) is 5.91 Å². The van der Waals surface area contributed by atoms with E-state index in [0.29, 0.717) is 5.56 Å². The summed E-state index contributed by atoms with van der Waals surface area (Å²) >= 11 is 0. The molecule has 0 saturated carbocycles. The van der Waals surface area contributed by atoms with Gasteiger partial charge in [-0.05, 0) is 48.6 Å². The zero-order chi connectivity index (χ0) is 16.4. The van der Waals surface area contributed by atoms with E-state index in [9.17, 15) is 13.2 Å². The summed E-state index contributed by atoms with van der Waals surface area (Å²) in [6, 6.07) is 14.3. The number of carbonyl (C=O) groups excluding carboxylic acids is 1. The maximum atomic E-state index is 12.5. The van der Waals surface area contributed by atoms with E-state index < -0.39 is 9.84 Å². The van der Waals surface area contributed by atoms with Crippen molar-refractivity contribution in [2.24, 2.45) is 0 Å². The van der Waals surface area contributed by atoms with Crippen molar-refractivity contribution in [3.63, 3.8) is 0 Å². The Morgan fingerprint density at radius 2 is 1.91 bits per heavy atom. The summed E-state index contributed by atoms with van der Waals surface area (Å²) in [7, 11) is -3.32. The summed E-state index contributed by atoms with van der Waals surface area (Å²) in [6.45, 7) is 0. The topological polar surface area (TPSA) is 63.2 Å². The van der Waals surface area contributed by atoms with Crippen LogP contribution in [0, 0.1) is 0 Å². The van der Waals surface area contributed by atoms with Crippen molar-refractivity contribution < 1.29 is 13.2 Å². The first-order valence-corrected chi connectivity index (χ1v) is 9.53. The van der Waals surface area contributed by atoms with Gasteiger partial charge in [-0.3, -0.25) is 4.79 Å². The van der Waals surface area contributed by atoms with E-state index in [4.69, 9.17) is 0 Å². The fraction of sp³-hybridized carbons (Fsp3) is 0.278. The molecule has 2 aromatic carbocycles. The minimum absolute atomic E-state index is 0.0191. The minimum atomic E-state index is -3.32. The van der Waals surface area contributed by atoms with Gasteiger partial charge < -0.3 is 5.32 Å². The molecule has 0 spiro atoms. The van der Waals surface area contributed by atoms with E-state index >= 15 is 0 Å². The second kappa shape index (κ2) is 6.16. The van der Waals surface area contributed by atoms with Crippen LogP contribution in [-0.4, -0.2) is 20.6 Å². The molecular weight excluding hydrogens is 310 g/mol. The fourth-order valence-corrected chi connectivity index (χ4v) is 3.68. The van der Waals surface area contributed by atoms with Crippen molar-refractivity contribution in [3.05, 3.63) is 65.2 Å². The van der Waals surface area contributed by atoms with Crippen LogP contribution < -0.4 is 5.32 Å². The first-order valence-electron chi connectivity index (χ1n) is 7.64. The van der Waals surface area contributed by atoms with Gasteiger partial charge >= 0.3 is 0 Å². The van der Waals surface area contributed by atoms with Gasteiger partial charge in [0.05, 0.1) is 10.9 Å². The van der Waals surface area contributed by atoms with E-state index in [0.717, 1.165) is 31.1 Å². The second-order valence-corrected chi connectivity index (χ2v) is 7.93. The summed E-state index contributed by atoms with van der Waals surface area (Å²) in [6.07, 6.45) is 4.10. The van der Waals surface area contributed by atoms with Crippen molar-refractivity contribution in [3.8, 4) is 0 Å². The Kier molecular flexibility index (Phi) is 4.22. The smallest absolute Gasteiger partial charge is 0.251 e. The van der Waals surface area contributed by atoms with E-state index in [1.807, 2.05) is 18.2 Å². The molecule has 1 aliphatic carbocycles. The Balaban J connectivity index is 1.84. The zero-order valence-electron chi connectivity index (χ0n) is 13.0. The Labute approximate surface area is 136 Å². The van der Waals surface area contributed by atoms with Crippen LogP contribution in [0.5, 0.6) is 0 Å². The van der Waals surface area contributed by atoms with Gasteiger partial charge in [0.1, 0.15) is 0 Å². The normalized spacial score (nSPS) is 17.3. The van der Waals surface area contributed by atoms with E-state index in [2.05, 4.69) is 11.4 Å². The van der Waals surface area contributed by atoms with Crippen LogP contribution >= 0.6 is 0 Å². The Bertz CT molecular complexity index is 843. The summed E-state index contributed by atoms with van der Waals surface area (Å²) < 4.78 is 23.3. The number of aryl methyl sites for hydroxylation is 1. The predicted molar refractivity (Wildman–Crippen MR) is 89.1 cm³/mol. The maximum absolute atomic E-state index is 12.5. The number of carbonyl (C=O) groups is 1. The van der Waals surface area contributed by atoms with Crippen LogP contribution in [0.3, 0.4) is 0 Å². The highest BCUT2D eigenvalue weighted by molar-refractivity contribution is 7.90. The molecule has 1 N–H and O–H groups in total. The van der Waals surface area contributed by atoms with Gasteiger partial charge in [0.2, 0.25) is 0 Å². The standard InChI is InChI=1S/C18H19NO3S/c1-23(21,22)15-9-4-8-14(12-15)18(20)19-17-11-5-7-13-6-2-3-10-16(13)17/h2-4,6,8-10,12,17H,5,7,11H2,1H3,(H,19,20). The molecule has 0 aliphatic heterocycles. The Hall–Kier alpha value is -2.14. The molecule has 120 valence electrons. The largest absolute Gasteiger partial charge is 0.345 e. The lowest BCUT2D eigenvalue weighted by molar-refractivity contribution is 0.0932. The molecule has 3 rings (SSSR count). The minimum Gasteiger partial charge on any atom is -0.345 e. The first kappa shape index (κ1) is 15.7. The molecule has 1 aliphatic rings. The number of nitrogens with one attached hydrogen (secondary N) is 1. The quantitative estimate of drug-likeness (QED) is 0.942. The van der Waals surface area contributed by atoms with Gasteiger partial charge in [0.15, 0.2) is 9.84 Å². The van der Waals surface area contributed by atoms with Crippen molar-refractivity contribution >= 4 is 15.7 Å². The summed E-state index contributed by atoms with van der Waals surface area (Å²) in [4.78, 5) is 12.7. The number of fused-ring (bicyclic) bond motifs is 1. The predicted octanol–water partition coefficient (Wildman–Crippen LogP) is 2.90. The third-order valence-electron chi connectivity index (χ3n) is 4.20. The summed E-state index contributed by atoms with van der Waals surface area (Å²) in [5, 5.41) is 3.04. The average molecular weight is 329 g/mol. The highest BCUT2D eigenvalue weighted by Crippen LogP contribution is 2.29. The Morgan fingerprint density at radius 1 is 1.13 bits per heavy atom. The monoisotopic (exact) mass is 329 g/mol. The zero-order valence-corrected chi connectivity index (χ0v) is 13.8. The number of amides is 1. The SMILES string of the molecule is CS(=O)(=O)c1cccc(C(=O)NC2CCCc3ccccc32)c1. The molecule has 0 aromatic heterocycles. The maximum Gasteiger partial charge on any atom is 0.251 e. The van der Waals surface area contributed by atoms with E-state index in [1.165, 1.54) is 17.7 Å². The lowest BCUT2D eigenvalue weighted by Crippen LogP contribution is -2.31. The highest BCUT2D eigenvalue weighted by Gasteiger charge is 2.22. The van der Waals surface area contributed by atoms with Crippen LogP contribution in [0.15, 0.2) is 53.4 Å². The number of sulfone groups is 1. The summed E-state index contributed by atoms with van der Waals surface area (Å²) in [5.74, 6) is -0.239. The number of hydrogen-bond acceptors (Lipinski definition) is 3. The lowest BCUT2D eigenvalue weighted by Gasteiger charge is -2.26. The third kappa shape index (κ3) is 3.45. The van der Waals surface area contributed by atoms with Crippen LogP contribution in [0.1, 0.15) is 40.4 Å². The van der Waals surface area contributed by atoms with Crippen LogP contribution in [0.2, 0.25) is 0 Å². The number of rotatable bonds is 3. The summed E-state index contributed by atoms with van der Waals surface area (Å²) in [5.41, 5.74) is 2.80. The van der Waals surface area contributed by atoms with Gasteiger partial charge in [-0.25, -0.2) is 8.42 Å². The highest BCUT2D eigenvalue weighted by atomic mass is 32.2. The molecule has 23 heavy (non-hydrogen) atoms. The average Bonchev–Trinajstić information content (AvgIpc) is 2.54. The molecule has 0 radical (unpaired) electrons. The molecule has 0 bridgehead atoms.